The van der Waals surface area contributed by atoms with Gasteiger partial charge in [0.1, 0.15) is 23.9 Å². The normalized spacial score (nSPS) is 10.2. The van der Waals surface area contributed by atoms with Gasteiger partial charge >= 0.3 is 5.97 Å². The lowest BCUT2D eigenvalue weighted by Crippen LogP contribution is -2.02. The molecule has 98 valence electrons. The summed E-state index contributed by atoms with van der Waals surface area (Å²) in [5.41, 5.74) is 0.131. The van der Waals surface area contributed by atoms with Crippen molar-refractivity contribution in [3.05, 3.63) is 59.4 Å². The first-order valence-electron chi connectivity index (χ1n) is 5.50. The summed E-state index contributed by atoms with van der Waals surface area (Å²) in [5.74, 6) is -1.36. The van der Waals surface area contributed by atoms with Gasteiger partial charge in [-0.15, -0.1) is 0 Å². The number of aromatic hydroxyl groups is 1. The highest BCUT2D eigenvalue weighted by Gasteiger charge is 2.08. The van der Waals surface area contributed by atoms with Gasteiger partial charge in [-0.3, -0.25) is 0 Å². The van der Waals surface area contributed by atoms with Crippen LogP contribution in [0.4, 0.5) is 4.39 Å². The van der Waals surface area contributed by atoms with Crippen LogP contribution in [-0.2, 0) is 6.61 Å². The van der Waals surface area contributed by atoms with E-state index in [2.05, 4.69) is 0 Å². The van der Waals surface area contributed by atoms with E-state index in [9.17, 15) is 14.3 Å². The number of halogens is 1. The number of rotatable bonds is 4. The number of phenolic OH excluding ortho intramolecular Hbond substituents is 1. The summed E-state index contributed by atoms with van der Waals surface area (Å²) in [7, 11) is 0. The van der Waals surface area contributed by atoms with Crippen LogP contribution in [-0.4, -0.2) is 16.2 Å². The molecule has 2 rings (SSSR count). The number of phenols is 1. The fourth-order valence-corrected chi connectivity index (χ4v) is 1.53. The summed E-state index contributed by atoms with van der Waals surface area (Å²) in [6, 6.07) is 9.76. The molecule has 0 saturated heterocycles. The van der Waals surface area contributed by atoms with E-state index in [1.165, 1.54) is 24.3 Å². The highest BCUT2D eigenvalue weighted by molar-refractivity contribution is 5.87. The van der Waals surface area contributed by atoms with Crippen LogP contribution in [0.1, 0.15) is 15.9 Å². The van der Waals surface area contributed by atoms with Crippen molar-refractivity contribution >= 4 is 5.97 Å². The molecular weight excluding hydrogens is 251 g/mol. The third kappa shape index (κ3) is 3.22. The second-order valence-electron chi connectivity index (χ2n) is 3.90. The molecule has 0 saturated carbocycles. The maximum absolute atomic E-state index is 13.6. The van der Waals surface area contributed by atoms with E-state index in [4.69, 9.17) is 9.84 Å². The van der Waals surface area contributed by atoms with Crippen LogP contribution in [0, 0.1) is 5.82 Å². The first-order valence-corrected chi connectivity index (χ1v) is 5.50. The Labute approximate surface area is 108 Å². The van der Waals surface area contributed by atoms with Gasteiger partial charge in [0.05, 0.1) is 5.56 Å². The van der Waals surface area contributed by atoms with Gasteiger partial charge in [0, 0.05) is 11.6 Å². The van der Waals surface area contributed by atoms with Crippen molar-refractivity contribution in [3.8, 4) is 11.5 Å². The Morgan fingerprint density at radius 3 is 2.63 bits per heavy atom. The number of ether oxygens (including phenoxy) is 1. The summed E-state index contributed by atoms with van der Waals surface area (Å²) in [4.78, 5) is 10.7. The zero-order chi connectivity index (χ0) is 13.8. The molecule has 0 atom stereocenters. The Morgan fingerprint density at radius 1 is 1.21 bits per heavy atom. The number of hydrogen-bond acceptors (Lipinski definition) is 3. The monoisotopic (exact) mass is 262 g/mol. The van der Waals surface area contributed by atoms with E-state index in [1.54, 1.807) is 12.1 Å². The van der Waals surface area contributed by atoms with Gasteiger partial charge in [0.2, 0.25) is 0 Å². The Morgan fingerprint density at radius 2 is 2.00 bits per heavy atom. The number of carbonyl (C=O) groups is 1. The summed E-state index contributed by atoms with van der Waals surface area (Å²) in [6.07, 6.45) is 0. The number of carboxylic acids is 1. The highest BCUT2D eigenvalue weighted by atomic mass is 19.1. The van der Waals surface area contributed by atoms with E-state index in [1.807, 2.05) is 0 Å². The molecule has 0 unspecified atom stereocenters. The minimum Gasteiger partial charge on any atom is -0.508 e. The topological polar surface area (TPSA) is 66.8 Å². The lowest BCUT2D eigenvalue weighted by molar-refractivity contribution is 0.0696. The van der Waals surface area contributed by atoms with Crippen LogP contribution in [0.2, 0.25) is 0 Å². The zero-order valence-corrected chi connectivity index (χ0v) is 9.84. The number of benzene rings is 2. The second kappa shape index (κ2) is 5.39. The van der Waals surface area contributed by atoms with E-state index < -0.39 is 11.8 Å². The first kappa shape index (κ1) is 12.9. The van der Waals surface area contributed by atoms with Crippen molar-refractivity contribution in [2.75, 3.05) is 0 Å². The van der Waals surface area contributed by atoms with Crippen molar-refractivity contribution in [2.45, 2.75) is 6.61 Å². The van der Waals surface area contributed by atoms with E-state index in [-0.39, 0.29) is 23.5 Å². The molecule has 0 amide bonds. The van der Waals surface area contributed by atoms with Gasteiger partial charge in [0.15, 0.2) is 0 Å². The van der Waals surface area contributed by atoms with Crippen LogP contribution in [0.25, 0.3) is 0 Å². The summed E-state index contributed by atoms with van der Waals surface area (Å²) >= 11 is 0. The third-order valence-corrected chi connectivity index (χ3v) is 2.51. The number of carboxylic acid groups (broad SMARTS) is 1. The Bertz CT molecular complexity index is 610. The SMILES string of the molecule is O=C(O)c1ccc(COc2cccc(O)c2)c(F)c1. The van der Waals surface area contributed by atoms with Gasteiger partial charge < -0.3 is 14.9 Å². The Balaban J connectivity index is 2.10. The van der Waals surface area contributed by atoms with Crippen LogP contribution in [0.3, 0.4) is 0 Å². The van der Waals surface area contributed by atoms with Crippen LogP contribution < -0.4 is 4.74 Å². The van der Waals surface area contributed by atoms with Crippen molar-refractivity contribution in [2.24, 2.45) is 0 Å². The van der Waals surface area contributed by atoms with Gasteiger partial charge in [0.25, 0.3) is 0 Å². The molecule has 0 aliphatic heterocycles. The molecule has 0 aliphatic carbocycles. The molecule has 2 aromatic rings. The summed E-state index contributed by atoms with van der Waals surface area (Å²) in [6.45, 7) is -0.0464. The third-order valence-electron chi connectivity index (χ3n) is 2.51. The molecule has 0 heterocycles. The number of aromatic carboxylic acids is 1. The summed E-state index contributed by atoms with van der Waals surface area (Å²) in [5, 5.41) is 18.0. The van der Waals surface area contributed by atoms with Crippen molar-refractivity contribution in [3.63, 3.8) is 0 Å². The standard InChI is InChI=1S/C14H11FO4/c15-13-6-9(14(17)18)4-5-10(13)8-19-12-3-1-2-11(16)7-12/h1-7,16H,8H2,(H,17,18). The summed E-state index contributed by atoms with van der Waals surface area (Å²) < 4.78 is 18.9. The molecule has 5 heteroatoms. The molecule has 2 aromatic carbocycles. The fraction of sp³-hybridized carbons (Fsp3) is 0.0714. The maximum atomic E-state index is 13.6. The first-order chi connectivity index (χ1) is 9.06. The van der Waals surface area contributed by atoms with Gasteiger partial charge in [-0.1, -0.05) is 12.1 Å². The average molecular weight is 262 g/mol. The van der Waals surface area contributed by atoms with Gasteiger partial charge in [-0.2, -0.15) is 0 Å². The second-order valence-corrected chi connectivity index (χ2v) is 3.90. The molecular formula is C14H11FO4. The van der Waals surface area contributed by atoms with Crippen LogP contribution in [0.5, 0.6) is 11.5 Å². The lowest BCUT2D eigenvalue weighted by atomic mass is 10.1. The van der Waals surface area contributed by atoms with Gasteiger partial charge in [-0.05, 0) is 24.3 Å². The van der Waals surface area contributed by atoms with Crippen molar-refractivity contribution in [1.82, 2.24) is 0 Å². The molecule has 2 N–H and O–H groups in total. The molecule has 0 radical (unpaired) electrons. The molecule has 0 aromatic heterocycles. The van der Waals surface area contributed by atoms with Crippen molar-refractivity contribution < 1.29 is 24.1 Å². The Hall–Kier alpha value is -2.56. The van der Waals surface area contributed by atoms with Crippen LogP contribution in [0.15, 0.2) is 42.5 Å². The van der Waals surface area contributed by atoms with Crippen LogP contribution >= 0.6 is 0 Å². The lowest BCUT2D eigenvalue weighted by Gasteiger charge is -2.08. The highest BCUT2D eigenvalue weighted by Crippen LogP contribution is 2.20. The molecule has 0 aliphatic rings. The van der Waals surface area contributed by atoms with E-state index in [0.29, 0.717) is 5.75 Å². The fourth-order valence-electron chi connectivity index (χ4n) is 1.53. The smallest absolute Gasteiger partial charge is 0.335 e. The average Bonchev–Trinajstić information content (AvgIpc) is 2.37. The van der Waals surface area contributed by atoms with Crippen molar-refractivity contribution in [1.29, 1.82) is 0 Å². The minimum atomic E-state index is -1.18. The molecule has 0 fully saturated rings. The molecule has 4 nitrogen and oxygen atoms in total. The number of hydrogen-bond donors (Lipinski definition) is 2. The van der Waals surface area contributed by atoms with Gasteiger partial charge in [-0.25, -0.2) is 9.18 Å². The zero-order valence-electron chi connectivity index (χ0n) is 9.84. The quantitative estimate of drug-likeness (QED) is 0.889. The molecule has 19 heavy (non-hydrogen) atoms. The van der Waals surface area contributed by atoms with E-state index in [0.717, 1.165) is 6.07 Å². The minimum absolute atomic E-state index is 0.0464. The largest absolute Gasteiger partial charge is 0.508 e. The Kier molecular flexibility index (Phi) is 3.66. The predicted octanol–water partition coefficient (Wildman–Crippen LogP) is 2.81. The molecule has 0 bridgehead atoms. The molecule has 0 spiro atoms. The van der Waals surface area contributed by atoms with E-state index >= 15 is 0 Å². The predicted molar refractivity (Wildman–Crippen MR) is 65.8 cm³/mol. The maximum Gasteiger partial charge on any atom is 0.335 e.